The van der Waals surface area contributed by atoms with Gasteiger partial charge in [0.25, 0.3) is 5.69 Å². The topological polar surface area (TPSA) is 76.8 Å². The zero-order chi connectivity index (χ0) is 22.5. The Hall–Kier alpha value is -2.98. The van der Waals surface area contributed by atoms with Crippen molar-refractivity contribution >= 4 is 66.9 Å². The number of rotatable bonds is 7. The molecule has 6 nitrogen and oxygen atoms in total. The molecule has 0 atom stereocenters. The molecule has 1 N–H and O–H groups in total. The number of halogens is 2. The van der Waals surface area contributed by atoms with Gasteiger partial charge in [-0.3, -0.25) is 15.5 Å². The lowest BCUT2D eigenvalue weighted by molar-refractivity contribution is -0.384. The van der Waals surface area contributed by atoms with E-state index in [1.165, 1.54) is 22.9 Å². The van der Waals surface area contributed by atoms with Crippen molar-refractivity contribution in [3.63, 3.8) is 0 Å². The Bertz CT molecular complexity index is 1290. The van der Waals surface area contributed by atoms with Crippen molar-refractivity contribution in [2.24, 2.45) is 5.10 Å². The van der Waals surface area contributed by atoms with Crippen LogP contribution in [0, 0.1) is 13.7 Å². The number of hydrogen-bond donors (Lipinski definition) is 1. The van der Waals surface area contributed by atoms with E-state index in [2.05, 4.69) is 79.4 Å². The van der Waals surface area contributed by atoms with Crippen LogP contribution in [-0.2, 0) is 6.61 Å². The van der Waals surface area contributed by atoms with Crippen LogP contribution in [0.4, 0.5) is 11.4 Å². The molecule has 0 unspecified atom stereocenters. The molecule has 4 aromatic carbocycles. The Morgan fingerprint density at radius 1 is 1.03 bits per heavy atom. The Labute approximate surface area is 206 Å². The zero-order valence-corrected chi connectivity index (χ0v) is 20.4. The van der Waals surface area contributed by atoms with Crippen LogP contribution >= 0.6 is 38.5 Å². The van der Waals surface area contributed by atoms with E-state index in [0.717, 1.165) is 24.9 Å². The standard InChI is InChI=1S/C24H17BrIN3O3/c25-22-12-17(14-27-28-20-7-9-21(10-8-20)29(30)31)13-23(26)24(22)32-15-16-5-6-18-3-1-2-4-19(18)11-16/h1-14,28H,15H2/b27-14+. The molecular formula is C24H17BrIN3O3. The third-order valence-electron chi connectivity index (χ3n) is 4.70. The van der Waals surface area contributed by atoms with E-state index in [1.807, 2.05) is 24.3 Å². The molecule has 0 saturated heterocycles. The minimum atomic E-state index is -0.434. The van der Waals surface area contributed by atoms with Gasteiger partial charge in [0.05, 0.1) is 24.9 Å². The largest absolute Gasteiger partial charge is 0.487 e. The lowest BCUT2D eigenvalue weighted by atomic mass is 10.1. The lowest BCUT2D eigenvalue weighted by Crippen LogP contribution is -1.99. The van der Waals surface area contributed by atoms with Crippen LogP contribution in [0.15, 0.2) is 88.4 Å². The summed E-state index contributed by atoms with van der Waals surface area (Å²) in [5.41, 5.74) is 5.56. The third kappa shape index (κ3) is 5.43. The number of anilines is 1. The van der Waals surface area contributed by atoms with Crippen LogP contribution in [0.2, 0.25) is 0 Å². The molecule has 0 heterocycles. The monoisotopic (exact) mass is 601 g/mol. The molecule has 0 aliphatic heterocycles. The molecule has 0 bridgehead atoms. The molecule has 0 aliphatic rings. The highest BCUT2D eigenvalue weighted by atomic mass is 127. The van der Waals surface area contributed by atoms with Gasteiger partial charge < -0.3 is 4.74 Å². The molecule has 32 heavy (non-hydrogen) atoms. The Morgan fingerprint density at radius 2 is 1.78 bits per heavy atom. The summed E-state index contributed by atoms with van der Waals surface area (Å²) in [4.78, 5) is 10.3. The zero-order valence-electron chi connectivity index (χ0n) is 16.7. The number of ether oxygens (including phenoxy) is 1. The highest BCUT2D eigenvalue weighted by molar-refractivity contribution is 14.1. The summed E-state index contributed by atoms with van der Waals surface area (Å²) in [7, 11) is 0. The van der Waals surface area contributed by atoms with Crippen molar-refractivity contribution in [2.45, 2.75) is 6.61 Å². The second-order valence-electron chi connectivity index (χ2n) is 6.96. The highest BCUT2D eigenvalue weighted by Gasteiger charge is 2.09. The molecule has 0 aliphatic carbocycles. The van der Waals surface area contributed by atoms with Gasteiger partial charge in [0.2, 0.25) is 0 Å². The predicted octanol–water partition coefficient (Wildman–Crippen LogP) is 7.14. The minimum Gasteiger partial charge on any atom is -0.487 e. The van der Waals surface area contributed by atoms with Crippen molar-refractivity contribution in [3.8, 4) is 5.75 Å². The van der Waals surface area contributed by atoms with Crippen molar-refractivity contribution in [1.29, 1.82) is 0 Å². The van der Waals surface area contributed by atoms with Gasteiger partial charge in [0.1, 0.15) is 12.4 Å². The smallest absolute Gasteiger partial charge is 0.269 e. The molecular weight excluding hydrogens is 585 g/mol. The number of hydrazone groups is 1. The van der Waals surface area contributed by atoms with Gasteiger partial charge in [-0.15, -0.1) is 0 Å². The molecule has 4 rings (SSSR count). The van der Waals surface area contributed by atoms with E-state index in [4.69, 9.17) is 4.74 Å². The van der Waals surface area contributed by atoms with Crippen LogP contribution in [0.25, 0.3) is 10.8 Å². The molecule has 0 spiro atoms. The van der Waals surface area contributed by atoms with Crippen LogP contribution in [0.1, 0.15) is 11.1 Å². The molecule has 0 fully saturated rings. The van der Waals surface area contributed by atoms with Gasteiger partial charge in [-0.1, -0.05) is 36.4 Å². The van der Waals surface area contributed by atoms with Gasteiger partial charge in [-0.25, -0.2) is 0 Å². The van der Waals surface area contributed by atoms with E-state index >= 15 is 0 Å². The van der Waals surface area contributed by atoms with E-state index in [0.29, 0.717) is 12.3 Å². The number of benzene rings is 4. The van der Waals surface area contributed by atoms with Crippen LogP contribution in [0.5, 0.6) is 5.75 Å². The minimum absolute atomic E-state index is 0.0392. The normalized spacial score (nSPS) is 11.1. The Balaban J connectivity index is 1.41. The van der Waals surface area contributed by atoms with Crippen LogP contribution < -0.4 is 10.2 Å². The van der Waals surface area contributed by atoms with Gasteiger partial charge >= 0.3 is 0 Å². The summed E-state index contributed by atoms with van der Waals surface area (Å²) < 4.78 is 7.88. The van der Waals surface area contributed by atoms with Gasteiger partial charge in [0.15, 0.2) is 0 Å². The van der Waals surface area contributed by atoms with E-state index in [-0.39, 0.29) is 5.69 Å². The van der Waals surface area contributed by atoms with Gasteiger partial charge in [-0.2, -0.15) is 5.10 Å². The van der Waals surface area contributed by atoms with E-state index < -0.39 is 4.92 Å². The van der Waals surface area contributed by atoms with Gasteiger partial charge in [-0.05, 0) is 90.8 Å². The molecule has 160 valence electrons. The van der Waals surface area contributed by atoms with Crippen molar-refractivity contribution < 1.29 is 9.66 Å². The maximum Gasteiger partial charge on any atom is 0.269 e. The first-order valence-electron chi connectivity index (χ1n) is 9.63. The number of hydrogen-bond acceptors (Lipinski definition) is 5. The van der Waals surface area contributed by atoms with Gasteiger partial charge in [0, 0.05) is 12.1 Å². The van der Waals surface area contributed by atoms with Crippen LogP contribution in [-0.4, -0.2) is 11.1 Å². The first kappa shape index (κ1) is 22.2. The first-order chi connectivity index (χ1) is 15.5. The fourth-order valence-electron chi connectivity index (χ4n) is 3.12. The Kier molecular flexibility index (Phi) is 7.01. The number of fused-ring (bicyclic) bond motifs is 1. The second-order valence-corrected chi connectivity index (χ2v) is 8.97. The first-order valence-corrected chi connectivity index (χ1v) is 11.5. The molecule has 0 amide bonds. The summed E-state index contributed by atoms with van der Waals surface area (Å²) in [6.45, 7) is 0.467. The second kappa shape index (κ2) is 10.1. The summed E-state index contributed by atoms with van der Waals surface area (Å²) in [5, 5.41) is 17.3. The van der Waals surface area contributed by atoms with Crippen LogP contribution in [0.3, 0.4) is 0 Å². The number of nitrogens with zero attached hydrogens (tertiary/aromatic N) is 2. The lowest BCUT2D eigenvalue weighted by Gasteiger charge is -2.12. The SMILES string of the molecule is O=[N+]([O-])c1ccc(N/N=C/c2cc(Br)c(OCc3ccc4ccccc4c3)c(I)c2)cc1. The summed E-state index contributed by atoms with van der Waals surface area (Å²) in [6.07, 6.45) is 1.68. The maximum absolute atomic E-state index is 10.7. The third-order valence-corrected chi connectivity index (χ3v) is 6.09. The summed E-state index contributed by atoms with van der Waals surface area (Å²) in [6, 6.07) is 24.6. The van der Waals surface area contributed by atoms with E-state index in [9.17, 15) is 10.1 Å². The van der Waals surface area contributed by atoms with Crippen molar-refractivity contribution in [1.82, 2.24) is 0 Å². The van der Waals surface area contributed by atoms with Crippen molar-refractivity contribution in [2.75, 3.05) is 5.43 Å². The molecule has 4 aromatic rings. The summed E-state index contributed by atoms with van der Waals surface area (Å²) in [5.74, 6) is 0.777. The highest BCUT2D eigenvalue weighted by Crippen LogP contribution is 2.32. The Morgan fingerprint density at radius 3 is 2.50 bits per heavy atom. The number of nitro groups is 1. The molecule has 0 aromatic heterocycles. The number of nitrogens with one attached hydrogen (secondary N) is 1. The van der Waals surface area contributed by atoms with Crippen molar-refractivity contribution in [3.05, 3.63) is 108 Å². The number of nitro benzene ring substituents is 1. The molecule has 0 saturated carbocycles. The molecule has 0 radical (unpaired) electrons. The average Bonchev–Trinajstić information content (AvgIpc) is 2.79. The average molecular weight is 602 g/mol. The predicted molar refractivity (Wildman–Crippen MR) is 139 cm³/mol. The summed E-state index contributed by atoms with van der Waals surface area (Å²) >= 11 is 5.83. The maximum atomic E-state index is 10.7. The van der Waals surface area contributed by atoms with E-state index in [1.54, 1.807) is 18.3 Å². The fourth-order valence-corrected chi connectivity index (χ4v) is 4.88. The quantitative estimate of drug-likeness (QED) is 0.106. The fraction of sp³-hybridized carbons (Fsp3) is 0.0417. The molecule has 8 heteroatoms. The number of non-ortho nitro benzene ring substituents is 1.